The van der Waals surface area contributed by atoms with E-state index in [0.717, 1.165) is 16.7 Å². The summed E-state index contributed by atoms with van der Waals surface area (Å²) in [6, 6.07) is 8.12. The highest BCUT2D eigenvalue weighted by molar-refractivity contribution is 9.10. The van der Waals surface area contributed by atoms with Crippen molar-refractivity contribution in [1.29, 1.82) is 0 Å². The highest BCUT2D eigenvalue weighted by Gasteiger charge is 2.16. The molecule has 2 N–H and O–H groups in total. The molecular formula is C16H24BrN3O. The zero-order chi connectivity index (χ0) is 15.1. The first-order valence-corrected chi connectivity index (χ1v) is 8.44. The maximum absolute atomic E-state index is 11.9. The molecule has 0 radical (unpaired) electrons. The molecule has 0 bridgehead atoms. The number of nitrogens with zero attached hydrogens (tertiary/aromatic N) is 1. The average molecular weight is 354 g/mol. The topological polar surface area (TPSA) is 44.4 Å². The van der Waals surface area contributed by atoms with E-state index < -0.39 is 0 Å². The van der Waals surface area contributed by atoms with Crippen molar-refractivity contribution in [1.82, 2.24) is 10.2 Å². The van der Waals surface area contributed by atoms with Gasteiger partial charge in [-0.2, -0.15) is 0 Å². The molecule has 1 aliphatic rings. The fraction of sp³-hybridized carbons (Fsp3) is 0.562. The van der Waals surface area contributed by atoms with Crippen LogP contribution in [0.5, 0.6) is 0 Å². The number of carbonyl (C=O) groups is 1. The lowest BCUT2D eigenvalue weighted by molar-refractivity contribution is -0.115. The van der Waals surface area contributed by atoms with Gasteiger partial charge < -0.3 is 10.6 Å². The standard InChI is InChI=1S/C16H24BrN3O/c1-13(20-8-3-2-4-9-20)11-18-12-16(21)19-15-7-5-6-14(17)10-15/h5-7,10,13,18H,2-4,8-9,11-12H2,1H3,(H,19,21). The molecule has 0 aliphatic carbocycles. The molecule has 1 saturated heterocycles. The Hall–Kier alpha value is -0.910. The van der Waals surface area contributed by atoms with Gasteiger partial charge >= 0.3 is 0 Å². The van der Waals surface area contributed by atoms with Crippen molar-refractivity contribution < 1.29 is 4.79 Å². The molecule has 1 amide bonds. The Morgan fingerprint density at radius 2 is 2.10 bits per heavy atom. The molecule has 5 heteroatoms. The van der Waals surface area contributed by atoms with Gasteiger partial charge in [-0.05, 0) is 51.1 Å². The Kier molecular flexibility index (Phi) is 6.67. The first-order valence-electron chi connectivity index (χ1n) is 7.65. The van der Waals surface area contributed by atoms with E-state index in [-0.39, 0.29) is 5.91 Å². The summed E-state index contributed by atoms with van der Waals surface area (Å²) in [5.41, 5.74) is 0.820. The van der Waals surface area contributed by atoms with Crippen LogP contribution in [0.15, 0.2) is 28.7 Å². The predicted molar refractivity (Wildman–Crippen MR) is 90.5 cm³/mol. The van der Waals surface area contributed by atoms with Gasteiger partial charge in [0.2, 0.25) is 5.91 Å². The number of likely N-dealkylation sites (tertiary alicyclic amines) is 1. The van der Waals surface area contributed by atoms with Crippen LogP contribution in [0.25, 0.3) is 0 Å². The van der Waals surface area contributed by atoms with E-state index in [1.165, 1.54) is 32.4 Å². The number of halogens is 1. The third kappa shape index (κ3) is 5.77. The van der Waals surface area contributed by atoms with E-state index in [9.17, 15) is 4.79 Å². The fourth-order valence-corrected chi connectivity index (χ4v) is 3.05. The van der Waals surface area contributed by atoms with Crippen molar-refractivity contribution in [2.75, 3.05) is 31.5 Å². The lowest BCUT2D eigenvalue weighted by Gasteiger charge is -2.32. The Morgan fingerprint density at radius 1 is 1.33 bits per heavy atom. The molecule has 116 valence electrons. The molecule has 4 nitrogen and oxygen atoms in total. The van der Waals surface area contributed by atoms with Crippen molar-refractivity contribution in [3.63, 3.8) is 0 Å². The summed E-state index contributed by atoms with van der Waals surface area (Å²) >= 11 is 3.40. The highest BCUT2D eigenvalue weighted by atomic mass is 79.9. The smallest absolute Gasteiger partial charge is 0.238 e. The maximum Gasteiger partial charge on any atom is 0.238 e. The molecule has 1 atom stereocenters. The lowest BCUT2D eigenvalue weighted by atomic mass is 10.1. The SMILES string of the molecule is CC(CNCC(=O)Nc1cccc(Br)c1)N1CCCCC1. The summed E-state index contributed by atoms with van der Waals surface area (Å²) in [6.45, 7) is 5.81. The van der Waals surface area contributed by atoms with Gasteiger partial charge in [-0.15, -0.1) is 0 Å². The molecule has 0 aromatic heterocycles. The Bertz CT molecular complexity index is 461. The number of nitrogens with one attached hydrogen (secondary N) is 2. The molecule has 21 heavy (non-hydrogen) atoms. The summed E-state index contributed by atoms with van der Waals surface area (Å²) in [4.78, 5) is 14.4. The average Bonchev–Trinajstić information content (AvgIpc) is 2.48. The van der Waals surface area contributed by atoms with E-state index in [1.807, 2.05) is 24.3 Å². The Labute approximate surface area is 135 Å². The van der Waals surface area contributed by atoms with Crippen LogP contribution in [-0.2, 0) is 4.79 Å². The van der Waals surface area contributed by atoms with Crippen LogP contribution in [0.1, 0.15) is 26.2 Å². The number of hydrogen-bond donors (Lipinski definition) is 2. The van der Waals surface area contributed by atoms with E-state index in [0.29, 0.717) is 12.6 Å². The van der Waals surface area contributed by atoms with Crippen LogP contribution in [0.3, 0.4) is 0 Å². The molecule has 0 spiro atoms. The monoisotopic (exact) mass is 353 g/mol. The first kappa shape index (κ1) is 16.5. The summed E-state index contributed by atoms with van der Waals surface area (Å²) in [5, 5.41) is 6.14. The maximum atomic E-state index is 11.9. The second-order valence-corrected chi connectivity index (χ2v) is 6.55. The summed E-state index contributed by atoms with van der Waals surface area (Å²) in [5.74, 6) is -0.000978. The quantitative estimate of drug-likeness (QED) is 0.826. The number of amides is 1. The van der Waals surface area contributed by atoms with E-state index in [2.05, 4.69) is 38.4 Å². The van der Waals surface area contributed by atoms with Gasteiger partial charge in [0.25, 0.3) is 0 Å². The molecular weight excluding hydrogens is 330 g/mol. The highest BCUT2D eigenvalue weighted by Crippen LogP contribution is 2.15. The number of anilines is 1. The van der Waals surface area contributed by atoms with Gasteiger partial charge in [0.1, 0.15) is 0 Å². The number of rotatable bonds is 6. The molecule has 1 unspecified atom stereocenters. The fourth-order valence-electron chi connectivity index (χ4n) is 2.65. The minimum atomic E-state index is -0.000978. The number of hydrogen-bond acceptors (Lipinski definition) is 3. The molecule has 1 aromatic rings. The van der Waals surface area contributed by atoms with Crippen LogP contribution in [0.2, 0.25) is 0 Å². The van der Waals surface area contributed by atoms with Gasteiger partial charge in [-0.1, -0.05) is 28.4 Å². The molecule has 1 fully saturated rings. The number of carbonyl (C=O) groups excluding carboxylic acids is 1. The molecule has 1 aromatic carbocycles. The largest absolute Gasteiger partial charge is 0.325 e. The van der Waals surface area contributed by atoms with Gasteiger partial charge in [0, 0.05) is 22.7 Å². The van der Waals surface area contributed by atoms with Gasteiger partial charge in [0.15, 0.2) is 0 Å². The third-order valence-corrected chi connectivity index (χ3v) is 4.34. The van der Waals surface area contributed by atoms with Gasteiger partial charge in [-0.3, -0.25) is 9.69 Å². The van der Waals surface area contributed by atoms with Crippen molar-refractivity contribution in [2.24, 2.45) is 0 Å². The van der Waals surface area contributed by atoms with E-state index >= 15 is 0 Å². The second kappa shape index (κ2) is 8.51. The Morgan fingerprint density at radius 3 is 2.81 bits per heavy atom. The van der Waals surface area contributed by atoms with Crippen LogP contribution in [0.4, 0.5) is 5.69 Å². The van der Waals surface area contributed by atoms with Crippen LogP contribution >= 0.6 is 15.9 Å². The van der Waals surface area contributed by atoms with Crippen LogP contribution in [0, 0.1) is 0 Å². The minimum absolute atomic E-state index is 0.000978. The zero-order valence-electron chi connectivity index (χ0n) is 12.6. The van der Waals surface area contributed by atoms with Crippen LogP contribution in [-0.4, -0.2) is 43.0 Å². The Balaban J connectivity index is 1.66. The van der Waals surface area contributed by atoms with Crippen molar-refractivity contribution in [3.8, 4) is 0 Å². The minimum Gasteiger partial charge on any atom is -0.325 e. The second-order valence-electron chi connectivity index (χ2n) is 5.64. The summed E-state index contributed by atoms with van der Waals surface area (Å²) in [7, 11) is 0. The zero-order valence-corrected chi connectivity index (χ0v) is 14.2. The van der Waals surface area contributed by atoms with Gasteiger partial charge in [0.05, 0.1) is 6.54 Å². The molecule has 2 rings (SSSR count). The normalized spacial score (nSPS) is 17.4. The van der Waals surface area contributed by atoms with Crippen LogP contribution < -0.4 is 10.6 Å². The van der Waals surface area contributed by atoms with E-state index in [1.54, 1.807) is 0 Å². The molecule has 1 aliphatic heterocycles. The number of piperidine rings is 1. The molecule has 0 saturated carbocycles. The summed E-state index contributed by atoms with van der Waals surface area (Å²) in [6.07, 6.45) is 3.95. The van der Waals surface area contributed by atoms with Crippen molar-refractivity contribution in [2.45, 2.75) is 32.2 Å². The third-order valence-electron chi connectivity index (χ3n) is 3.85. The summed E-state index contributed by atoms with van der Waals surface area (Å²) < 4.78 is 0.965. The number of benzene rings is 1. The van der Waals surface area contributed by atoms with Crippen molar-refractivity contribution in [3.05, 3.63) is 28.7 Å². The molecule has 1 heterocycles. The predicted octanol–water partition coefficient (Wildman–Crippen LogP) is 2.85. The lowest BCUT2D eigenvalue weighted by Crippen LogP contribution is -2.44. The van der Waals surface area contributed by atoms with Gasteiger partial charge in [-0.25, -0.2) is 0 Å². The van der Waals surface area contributed by atoms with Crippen molar-refractivity contribution >= 4 is 27.5 Å². The first-order chi connectivity index (χ1) is 10.1. The van der Waals surface area contributed by atoms with E-state index in [4.69, 9.17) is 0 Å².